The zero-order valence-corrected chi connectivity index (χ0v) is 12.5. The van der Waals surface area contributed by atoms with E-state index in [1.54, 1.807) is 38.5 Å². The van der Waals surface area contributed by atoms with Gasteiger partial charge in [0.15, 0.2) is 0 Å². The van der Waals surface area contributed by atoms with Gasteiger partial charge < -0.3 is 5.32 Å². The first-order chi connectivity index (χ1) is 9.27. The fourth-order valence-electron chi connectivity index (χ4n) is 6.16. The van der Waals surface area contributed by atoms with E-state index < -0.39 is 0 Å². The zero-order valence-electron chi connectivity index (χ0n) is 12.5. The molecule has 19 heavy (non-hydrogen) atoms. The Labute approximate surface area is 118 Å². The number of likely N-dealkylation sites (tertiary alicyclic amines) is 1. The lowest BCUT2D eigenvalue weighted by Crippen LogP contribution is -2.59. The highest BCUT2D eigenvalue weighted by Gasteiger charge is 2.54. The van der Waals surface area contributed by atoms with Crippen molar-refractivity contribution in [2.24, 2.45) is 17.8 Å². The molecular formula is C17H30N2. The van der Waals surface area contributed by atoms with Crippen LogP contribution in [0.5, 0.6) is 0 Å². The molecule has 1 saturated heterocycles. The maximum absolute atomic E-state index is 3.75. The molecule has 0 aromatic rings. The lowest BCUT2D eigenvalue weighted by Gasteiger charge is -2.60. The van der Waals surface area contributed by atoms with E-state index in [4.69, 9.17) is 0 Å². The van der Waals surface area contributed by atoms with Gasteiger partial charge >= 0.3 is 0 Å². The minimum atomic E-state index is 0.650. The Kier molecular flexibility index (Phi) is 3.15. The van der Waals surface area contributed by atoms with Crippen molar-refractivity contribution in [3.8, 4) is 0 Å². The summed E-state index contributed by atoms with van der Waals surface area (Å²) in [4.78, 5) is 2.92. The largest absolute Gasteiger partial charge is 0.313 e. The van der Waals surface area contributed by atoms with Gasteiger partial charge in [0.05, 0.1) is 0 Å². The van der Waals surface area contributed by atoms with Gasteiger partial charge in [-0.25, -0.2) is 0 Å². The zero-order chi connectivity index (χ0) is 12.9. The van der Waals surface area contributed by atoms with E-state index in [1.165, 1.54) is 32.5 Å². The monoisotopic (exact) mass is 262 g/mol. The minimum absolute atomic E-state index is 0.650. The molecule has 1 N–H and O–H groups in total. The van der Waals surface area contributed by atoms with E-state index in [0.717, 1.165) is 23.8 Å². The molecule has 4 bridgehead atoms. The van der Waals surface area contributed by atoms with Crippen LogP contribution in [0.1, 0.15) is 58.3 Å². The van der Waals surface area contributed by atoms with Crippen LogP contribution in [0.4, 0.5) is 0 Å². The molecule has 0 aromatic carbocycles. The Morgan fingerprint density at radius 2 is 1.68 bits per heavy atom. The normalized spacial score (nSPS) is 49.1. The van der Waals surface area contributed by atoms with Crippen LogP contribution in [0, 0.1) is 17.8 Å². The van der Waals surface area contributed by atoms with E-state index in [1.807, 2.05) is 0 Å². The molecule has 5 aliphatic rings. The summed E-state index contributed by atoms with van der Waals surface area (Å²) in [6, 6.07) is 0.785. The van der Waals surface area contributed by atoms with Crippen molar-refractivity contribution in [1.82, 2.24) is 10.2 Å². The number of nitrogens with zero attached hydrogens (tertiary/aromatic N) is 1. The fourth-order valence-corrected chi connectivity index (χ4v) is 6.16. The van der Waals surface area contributed by atoms with Gasteiger partial charge in [0.2, 0.25) is 0 Å². The summed E-state index contributed by atoms with van der Waals surface area (Å²) in [5.41, 5.74) is 0.650. The average molecular weight is 262 g/mol. The first-order valence-electron chi connectivity index (χ1n) is 8.76. The molecule has 108 valence electrons. The lowest BCUT2D eigenvalue weighted by molar-refractivity contribution is -0.0808. The molecular weight excluding hydrogens is 232 g/mol. The van der Waals surface area contributed by atoms with Gasteiger partial charge in [-0.15, -0.1) is 0 Å². The van der Waals surface area contributed by atoms with E-state index in [9.17, 15) is 0 Å². The molecule has 1 atom stereocenters. The second kappa shape index (κ2) is 4.73. The lowest BCUT2D eigenvalue weighted by atomic mass is 9.52. The number of nitrogens with one attached hydrogen (secondary N) is 1. The van der Waals surface area contributed by atoms with E-state index in [-0.39, 0.29) is 0 Å². The predicted molar refractivity (Wildman–Crippen MR) is 79.2 cm³/mol. The molecule has 4 saturated carbocycles. The van der Waals surface area contributed by atoms with Crippen LogP contribution in [-0.2, 0) is 0 Å². The summed E-state index contributed by atoms with van der Waals surface area (Å²) in [5.74, 6) is 3.27. The van der Waals surface area contributed by atoms with Gasteiger partial charge in [-0.1, -0.05) is 6.92 Å². The summed E-state index contributed by atoms with van der Waals surface area (Å²) < 4.78 is 0. The van der Waals surface area contributed by atoms with Gasteiger partial charge in [0.1, 0.15) is 0 Å². The SMILES string of the molecule is CCCNC1CCN(C23CC4CC(CC(C4)C2)C3)C1. The Bertz CT molecular complexity index is 303. The van der Waals surface area contributed by atoms with E-state index in [2.05, 4.69) is 17.1 Å². The Hall–Kier alpha value is -0.0800. The first kappa shape index (κ1) is 12.6. The molecule has 0 spiro atoms. The molecule has 1 aliphatic heterocycles. The minimum Gasteiger partial charge on any atom is -0.313 e. The van der Waals surface area contributed by atoms with Crippen molar-refractivity contribution >= 4 is 0 Å². The Morgan fingerprint density at radius 1 is 1.05 bits per heavy atom. The third-order valence-corrected chi connectivity index (χ3v) is 6.55. The number of hydrogen-bond donors (Lipinski definition) is 1. The average Bonchev–Trinajstić information content (AvgIpc) is 2.84. The van der Waals surface area contributed by atoms with Crippen molar-refractivity contribution in [2.75, 3.05) is 19.6 Å². The smallest absolute Gasteiger partial charge is 0.0218 e. The standard InChI is InChI=1S/C17H30N2/c1-2-4-18-16-3-5-19(12-16)17-9-13-6-14(10-17)8-15(7-13)11-17/h13-16,18H,2-12H2,1H3. The topological polar surface area (TPSA) is 15.3 Å². The third-order valence-electron chi connectivity index (χ3n) is 6.55. The second-order valence-corrected chi connectivity index (χ2v) is 8.03. The van der Waals surface area contributed by atoms with Crippen LogP contribution in [0.2, 0.25) is 0 Å². The molecule has 0 radical (unpaired) electrons. The summed E-state index contributed by atoms with van der Waals surface area (Å²) in [6.07, 6.45) is 12.0. The van der Waals surface area contributed by atoms with Gasteiger partial charge in [0, 0.05) is 24.7 Å². The third kappa shape index (κ3) is 2.15. The summed E-state index contributed by atoms with van der Waals surface area (Å²) in [5, 5.41) is 3.75. The van der Waals surface area contributed by atoms with Gasteiger partial charge in [0.25, 0.3) is 0 Å². The molecule has 4 aliphatic carbocycles. The van der Waals surface area contributed by atoms with Crippen molar-refractivity contribution in [2.45, 2.75) is 69.9 Å². The van der Waals surface area contributed by atoms with E-state index >= 15 is 0 Å². The Morgan fingerprint density at radius 3 is 2.26 bits per heavy atom. The summed E-state index contributed by atoms with van der Waals surface area (Å²) in [7, 11) is 0. The highest BCUT2D eigenvalue weighted by atomic mass is 15.3. The molecule has 1 unspecified atom stereocenters. The first-order valence-corrected chi connectivity index (χ1v) is 8.76. The molecule has 0 amide bonds. The maximum Gasteiger partial charge on any atom is 0.0218 e. The molecule has 5 fully saturated rings. The highest BCUT2D eigenvalue weighted by molar-refractivity contribution is 5.09. The summed E-state index contributed by atoms with van der Waals surface area (Å²) in [6.45, 7) is 6.19. The van der Waals surface area contributed by atoms with Crippen LogP contribution in [0.25, 0.3) is 0 Å². The molecule has 0 aromatic heterocycles. The second-order valence-electron chi connectivity index (χ2n) is 8.03. The quantitative estimate of drug-likeness (QED) is 0.838. The summed E-state index contributed by atoms with van der Waals surface area (Å²) >= 11 is 0. The van der Waals surface area contributed by atoms with Crippen LogP contribution in [0.15, 0.2) is 0 Å². The molecule has 2 heteroatoms. The van der Waals surface area contributed by atoms with Crippen molar-refractivity contribution in [3.63, 3.8) is 0 Å². The van der Waals surface area contributed by atoms with Crippen molar-refractivity contribution in [1.29, 1.82) is 0 Å². The van der Waals surface area contributed by atoms with Crippen LogP contribution < -0.4 is 5.32 Å². The highest BCUT2D eigenvalue weighted by Crippen LogP contribution is 2.58. The van der Waals surface area contributed by atoms with Crippen LogP contribution in [-0.4, -0.2) is 36.1 Å². The predicted octanol–water partition coefficient (Wildman–Crippen LogP) is 3.03. The maximum atomic E-state index is 3.75. The number of rotatable bonds is 4. The van der Waals surface area contributed by atoms with Crippen LogP contribution >= 0.6 is 0 Å². The van der Waals surface area contributed by atoms with Gasteiger partial charge in [-0.05, 0) is 75.7 Å². The van der Waals surface area contributed by atoms with Crippen LogP contribution in [0.3, 0.4) is 0 Å². The number of hydrogen-bond acceptors (Lipinski definition) is 2. The van der Waals surface area contributed by atoms with Crippen molar-refractivity contribution < 1.29 is 0 Å². The molecule has 1 heterocycles. The molecule has 2 nitrogen and oxygen atoms in total. The van der Waals surface area contributed by atoms with Crippen molar-refractivity contribution in [3.05, 3.63) is 0 Å². The molecule has 5 rings (SSSR count). The van der Waals surface area contributed by atoms with E-state index in [0.29, 0.717) is 5.54 Å². The van der Waals surface area contributed by atoms with Gasteiger partial charge in [-0.3, -0.25) is 4.90 Å². The fraction of sp³-hybridized carbons (Fsp3) is 1.00. The van der Waals surface area contributed by atoms with Gasteiger partial charge in [-0.2, -0.15) is 0 Å². The Balaban J connectivity index is 1.45.